The summed E-state index contributed by atoms with van der Waals surface area (Å²) < 4.78 is 28.0. The van der Waals surface area contributed by atoms with Gasteiger partial charge in [0.25, 0.3) is 0 Å². The standard InChI is InChI=1S/C20H26N2O3S/c1-6-17-7-9-18(10-8-17)21-20(23)16(5)22-26(24,25)19-14(3)11-13(2)12-15(19)4/h7-12,16,22H,6H2,1-5H3,(H,21,23). The zero-order chi connectivity index (χ0) is 19.5. The normalized spacial score (nSPS) is 12.7. The van der Waals surface area contributed by atoms with Crippen LogP contribution in [0.4, 0.5) is 5.69 Å². The van der Waals surface area contributed by atoms with Gasteiger partial charge >= 0.3 is 0 Å². The number of anilines is 1. The lowest BCUT2D eigenvalue weighted by Crippen LogP contribution is -2.41. The van der Waals surface area contributed by atoms with Gasteiger partial charge in [0.2, 0.25) is 15.9 Å². The van der Waals surface area contributed by atoms with Crippen molar-refractivity contribution >= 4 is 21.6 Å². The SMILES string of the molecule is CCc1ccc(NC(=O)C(C)NS(=O)(=O)c2c(C)cc(C)cc2C)cc1. The first-order chi connectivity index (χ1) is 12.1. The van der Waals surface area contributed by atoms with E-state index in [9.17, 15) is 13.2 Å². The van der Waals surface area contributed by atoms with Crippen LogP contribution < -0.4 is 10.0 Å². The Bertz CT molecular complexity index is 880. The molecule has 0 saturated carbocycles. The predicted octanol–water partition coefficient (Wildman–Crippen LogP) is 3.48. The number of carbonyl (C=O) groups excluding carboxylic acids is 1. The summed E-state index contributed by atoms with van der Waals surface area (Å²) in [6.45, 7) is 9.03. The summed E-state index contributed by atoms with van der Waals surface area (Å²) in [5.74, 6) is -0.403. The van der Waals surface area contributed by atoms with E-state index in [1.165, 1.54) is 12.5 Å². The Morgan fingerprint density at radius 3 is 2.08 bits per heavy atom. The maximum atomic E-state index is 12.7. The molecule has 6 heteroatoms. The van der Waals surface area contributed by atoms with Gasteiger partial charge in [-0.25, -0.2) is 8.42 Å². The molecule has 0 heterocycles. The van der Waals surface area contributed by atoms with Crippen LogP contribution in [0.5, 0.6) is 0 Å². The molecule has 0 aliphatic heterocycles. The number of aryl methyl sites for hydroxylation is 4. The van der Waals surface area contributed by atoms with Crippen molar-refractivity contribution in [3.63, 3.8) is 0 Å². The summed E-state index contributed by atoms with van der Waals surface area (Å²) in [5, 5.41) is 2.74. The number of carbonyl (C=O) groups is 1. The minimum atomic E-state index is -3.80. The number of benzene rings is 2. The number of hydrogen-bond donors (Lipinski definition) is 2. The van der Waals surface area contributed by atoms with E-state index in [0.29, 0.717) is 16.8 Å². The van der Waals surface area contributed by atoms with E-state index in [1.54, 1.807) is 13.8 Å². The van der Waals surface area contributed by atoms with Crippen LogP contribution in [0, 0.1) is 20.8 Å². The fourth-order valence-corrected chi connectivity index (χ4v) is 4.67. The molecule has 0 aromatic heterocycles. The van der Waals surface area contributed by atoms with Gasteiger partial charge in [0.1, 0.15) is 0 Å². The monoisotopic (exact) mass is 374 g/mol. The van der Waals surface area contributed by atoms with E-state index in [-0.39, 0.29) is 4.90 Å². The van der Waals surface area contributed by atoms with Crippen molar-refractivity contribution in [2.45, 2.75) is 52.0 Å². The van der Waals surface area contributed by atoms with E-state index in [2.05, 4.69) is 17.0 Å². The second kappa shape index (κ2) is 8.01. The Hall–Kier alpha value is -2.18. The van der Waals surface area contributed by atoms with Crippen LogP contribution in [-0.2, 0) is 21.2 Å². The third-order valence-corrected chi connectivity index (χ3v) is 6.07. The van der Waals surface area contributed by atoms with E-state index < -0.39 is 22.0 Å². The summed E-state index contributed by atoms with van der Waals surface area (Å²) in [6, 6.07) is 10.2. The molecule has 0 fully saturated rings. The molecule has 140 valence electrons. The minimum absolute atomic E-state index is 0.232. The number of hydrogen-bond acceptors (Lipinski definition) is 3. The van der Waals surface area contributed by atoms with Crippen LogP contribution in [0.25, 0.3) is 0 Å². The van der Waals surface area contributed by atoms with Crippen molar-refractivity contribution in [2.75, 3.05) is 5.32 Å². The summed E-state index contributed by atoms with van der Waals surface area (Å²) >= 11 is 0. The average molecular weight is 375 g/mol. The molecular formula is C20H26N2O3S. The van der Waals surface area contributed by atoms with Gasteiger partial charge in [-0.1, -0.05) is 36.8 Å². The molecule has 0 spiro atoms. The number of amides is 1. The van der Waals surface area contributed by atoms with Crippen LogP contribution in [0.15, 0.2) is 41.3 Å². The lowest BCUT2D eigenvalue weighted by atomic mass is 10.1. The molecule has 2 aromatic carbocycles. The highest BCUT2D eigenvalue weighted by Crippen LogP contribution is 2.22. The van der Waals surface area contributed by atoms with Crippen LogP contribution in [0.3, 0.4) is 0 Å². The van der Waals surface area contributed by atoms with Crippen molar-refractivity contribution in [2.24, 2.45) is 0 Å². The summed E-state index contributed by atoms with van der Waals surface area (Å²) in [7, 11) is -3.80. The molecule has 0 saturated heterocycles. The molecule has 2 rings (SSSR count). The molecule has 0 aliphatic rings. The van der Waals surface area contributed by atoms with Gasteiger partial charge in [-0.15, -0.1) is 0 Å². The van der Waals surface area contributed by atoms with Gasteiger partial charge in [-0.3, -0.25) is 4.79 Å². The van der Waals surface area contributed by atoms with Crippen molar-refractivity contribution in [3.8, 4) is 0 Å². The molecule has 2 N–H and O–H groups in total. The number of sulfonamides is 1. The first-order valence-electron chi connectivity index (χ1n) is 8.64. The summed E-state index contributed by atoms with van der Waals surface area (Å²) in [6.07, 6.45) is 0.916. The zero-order valence-corrected chi connectivity index (χ0v) is 16.7. The van der Waals surface area contributed by atoms with Crippen LogP contribution in [-0.4, -0.2) is 20.4 Å². The van der Waals surface area contributed by atoms with Gasteiger partial charge in [-0.05, 0) is 62.9 Å². The van der Waals surface area contributed by atoms with E-state index in [4.69, 9.17) is 0 Å². The van der Waals surface area contributed by atoms with Gasteiger partial charge in [0.15, 0.2) is 0 Å². The molecule has 0 radical (unpaired) electrons. The number of nitrogens with one attached hydrogen (secondary N) is 2. The van der Waals surface area contributed by atoms with Crippen molar-refractivity contribution in [3.05, 3.63) is 58.7 Å². The van der Waals surface area contributed by atoms with Crippen molar-refractivity contribution in [1.82, 2.24) is 4.72 Å². The highest BCUT2D eigenvalue weighted by atomic mass is 32.2. The molecule has 5 nitrogen and oxygen atoms in total. The Morgan fingerprint density at radius 1 is 1.04 bits per heavy atom. The van der Waals surface area contributed by atoms with Crippen molar-refractivity contribution in [1.29, 1.82) is 0 Å². The highest BCUT2D eigenvalue weighted by Gasteiger charge is 2.25. The Labute approximate surface area is 155 Å². The fourth-order valence-electron chi connectivity index (χ4n) is 3.01. The average Bonchev–Trinajstić information content (AvgIpc) is 2.53. The van der Waals surface area contributed by atoms with E-state index in [0.717, 1.165) is 12.0 Å². The maximum Gasteiger partial charge on any atom is 0.242 e. The fraction of sp³-hybridized carbons (Fsp3) is 0.350. The molecule has 0 aliphatic carbocycles. The first-order valence-corrected chi connectivity index (χ1v) is 10.1. The molecule has 0 bridgehead atoms. The summed E-state index contributed by atoms with van der Waals surface area (Å²) in [5.41, 5.74) is 4.14. The Balaban J connectivity index is 2.14. The van der Waals surface area contributed by atoms with Gasteiger partial charge < -0.3 is 5.32 Å². The second-order valence-electron chi connectivity index (χ2n) is 6.61. The molecule has 26 heavy (non-hydrogen) atoms. The third kappa shape index (κ3) is 4.71. The zero-order valence-electron chi connectivity index (χ0n) is 15.9. The van der Waals surface area contributed by atoms with Gasteiger partial charge in [0.05, 0.1) is 10.9 Å². The molecular weight excluding hydrogens is 348 g/mol. The second-order valence-corrected chi connectivity index (χ2v) is 8.26. The Morgan fingerprint density at radius 2 is 1.58 bits per heavy atom. The van der Waals surface area contributed by atoms with Crippen LogP contribution >= 0.6 is 0 Å². The topological polar surface area (TPSA) is 75.3 Å². The van der Waals surface area contributed by atoms with Gasteiger partial charge in [-0.2, -0.15) is 4.72 Å². The molecule has 1 unspecified atom stereocenters. The third-order valence-electron chi connectivity index (χ3n) is 4.23. The van der Waals surface area contributed by atoms with E-state index in [1.807, 2.05) is 43.3 Å². The summed E-state index contributed by atoms with van der Waals surface area (Å²) in [4.78, 5) is 12.6. The van der Waals surface area contributed by atoms with Crippen LogP contribution in [0.2, 0.25) is 0 Å². The molecule has 1 amide bonds. The van der Waals surface area contributed by atoms with Crippen LogP contribution in [0.1, 0.15) is 36.1 Å². The molecule has 2 aromatic rings. The minimum Gasteiger partial charge on any atom is -0.325 e. The van der Waals surface area contributed by atoms with Crippen molar-refractivity contribution < 1.29 is 13.2 Å². The lowest BCUT2D eigenvalue weighted by molar-refractivity contribution is -0.117. The predicted molar refractivity (Wildman–Crippen MR) is 105 cm³/mol. The largest absolute Gasteiger partial charge is 0.325 e. The van der Waals surface area contributed by atoms with Gasteiger partial charge in [0, 0.05) is 5.69 Å². The molecule has 1 atom stereocenters. The first kappa shape index (κ1) is 20.1. The van der Waals surface area contributed by atoms with E-state index >= 15 is 0 Å². The maximum absolute atomic E-state index is 12.7. The highest BCUT2D eigenvalue weighted by molar-refractivity contribution is 7.89. The smallest absolute Gasteiger partial charge is 0.242 e. The lowest BCUT2D eigenvalue weighted by Gasteiger charge is -2.17. The quantitative estimate of drug-likeness (QED) is 0.813. The number of rotatable bonds is 6. The Kier molecular flexibility index (Phi) is 6.21.